The Kier molecular flexibility index (Phi) is 6.36. The minimum absolute atomic E-state index is 0.229. The van der Waals surface area contributed by atoms with Crippen molar-refractivity contribution in [2.75, 3.05) is 18.1 Å². The van der Waals surface area contributed by atoms with Gasteiger partial charge in [-0.2, -0.15) is 0 Å². The fourth-order valence-corrected chi connectivity index (χ4v) is 2.59. The summed E-state index contributed by atoms with van der Waals surface area (Å²) in [6.07, 6.45) is 0. The molecular formula is C11H16N2O2S2. The first-order valence-corrected chi connectivity index (χ1v) is 7.39. The average molecular weight is 272 g/mol. The van der Waals surface area contributed by atoms with Gasteiger partial charge in [-0.3, -0.25) is 4.79 Å². The van der Waals surface area contributed by atoms with Gasteiger partial charge in [-0.15, -0.1) is 11.8 Å². The number of thioether (sulfide) groups is 2. The van der Waals surface area contributed by atoms with Crippen LogP contribution in [0.5, 0.6) is 0 Å². The van der Waals surface area contributed by atoms with E-state index >= 15 is 0 Å². The highest BCUT2D eigenvalue weighted by Crippen LogP contribution is 2.20. The molecule has 1 aromatic heterocycles. The number of aryl methyl sites for hydroxylation is 1. The fraction of sp³-hybridized carbons (Fsp3) is 0.545. The van der Waals surface area contributed by atoms with Crippen LogP contribution in [-0.4, -0.2) is 34.0 Å². The van der Waals surface area contributed by atoms with Gasteiger partial charge >= 0.3 is 5.97 Å². The minimum atomic E-state index is -0.229. The molecule has 94 valence electrons. The van der Waals surface area contributed by atoms with Crippen molar-refractivity contribution in [2.45, 2.75) is 31.0 Å². The van der Waals surface area contributed by atoms with Crippen LogP contribution in [-0.2, 0) is 9.53 Å². The lowest BCUT2D eigenvalue weighted by atomic mass is 10.5. The highest BCUT2D eigenvalue weighted by Gasteiger charge is 2.07. The van der Waals surface area contributed by atoms with Crippen molar-refractivity contribution in [3.63, 3.8) is 0 Å². The molecule has 6 heteroatoms. The monoisotopic (exact) mass is 272 g/mol. The lowest BCUT2D eigenvalue weighted by Crippen LogP contribution is -2.07. The van der Waals surface area contributed by atoms with E-state index in [1.807, 2.05) is 13.0 Å². The summed E-state index contributed by atoms with van der Waals surface area (Å²) in [7, 11) is 0. The van der Waals surface area contributed by atoms with Gasteiger partial charge in [0.2, 0.25) is 0 Å². The molecule has 17 heavy (non-hydrogen) atoms. The maximum absolute atomic E-state index is 11.2. The Bertz CT molecular complexity index is 386. The SMILES string of the molecule is CCOC(=O)CSc1nc(C)cc(SCC)n1. The van der Waals surface area contributed by atoms with Gasteiger partial charge in [0.1, 0.15) is 5.03 Å². The Balaban J connectivity index is 2.61. The Morgan fingerprint density at radius 1 is 1.35 bits per heavy atom. The zero-order valence-electron chi connectivity index (χ0n) is 10.2. The van der Waals surface area contributed by atoms with E-state index in [0.29, 0.717) is 11.8 Å². The minimum Gasteiger partial charge on any atom is -0.465 e. The van der Waals surface area contributed by atoms with Gasteiger partial charge in [0, 0.05) is 5.69 Å². The molecule has 0 radical (unpaired) electrons. The highest BCUT2D eigenvalue weighted by atomic mass is 32.2. The van der Waals surface area contributed by atoms with Gasteiger partial charge in [0.25, 0.3) is 0 Å². The number of aromatic nitrogens is 2. The molecule has 0 unspecified atom stereocenters. The standard InChI is InChI=1S/C11H16N2O2S2/c1-4-15-10(14)7-17-11-12-8(3)6-9(13-11)16-5-2/h6H,4-5,7H2,1-3H3. The summed E-state index contributed by atoms with van der Waals surface area (Å²) in [4.78, 5) is 19.8. The zero-order valence-corrected chi connectivity index (χ0v) is 11.9. The number of rotatable bonds is 6. The number of hydrogen-bond acceptors (Lipinski definition) is 6. The molecule has 0 fully saturated rings. The van der Waals surface area contributed by atoms with Gasteiger partial charge in [0.05, 0.1) is 12.4 Å². The molecule has 0 aliphatic rings. The maximum atomic E-state index is 11.2. The Morgan fingerprint density at radius 3 is 2.76 bits per heavy atom. The van der Waals surface area contributed by atoms with Gasteiger partial charge in [0.15, 0.2) is 5.16 Å². The molecule has 0 aromatic carbocycles. The molecule has 1 rings (SSSR count). The van der Waals surface area contributed by atoms with E-state index in [1.165, 1.54) is 11.8 Å². The van der Waals surface area contributed by atoms with E-state index in [4.69, 9.17) is 4.74 Å². The van der Waals surface area contributed by atoms with Crippen LogP contribution in [0.1, 0.15) is 19.5 Å². The van der Waals surface area contributed by atoms with Crippen LogP contribution in [0, 0.1) is 6.92 Å². The Labute approximate surface area is 110 Å². The van der Waals surface area contributed by atoms with E-state index in [0.717, 1.165) is 16.5 Å². The summed E-state index contributed by atoms with van der Waals surface area (Å²) in [5, 5.41) is 1.58. The molecule has 0 aliphatic carbocycles. The number of esters is 1. The topological polar surface area (TPSA) is 52.1 Å². The van der Waals surface area contributed by atoms with Crippen molar-refractivity contribution in [3.05, 3.63) is 11.8 Å². The number of carbonyl (C=O) groups excluding carboxylic acids is 1. The number of nitrogens with zero attached hydrogens (tertiary/aromatic N) is 2. The van der Waals surface area contributed by atoms with E-state index in [2.05, 4.69) is 16.9 Å². The zero-order chi connectivity index (χ0) is 12.7. The summed E-state index contributed by atoms with van der Waals surface area (Å²) in [5.41, 5.74) is 0.919. The van der Waals surface area contributed by atoms with E-state index in [1.54, 1.807) is 18.7 Å². The average Bonchev–Trinajstić information content (AvgIpc) is 2.26. The van der Waals surface area contributed by atoms with Gasteiger partial charge < -0.3 is 4.74 Å². The second-order valence-electron chi connectivity index (χ2n) is 3.16. The third kappa shape index (κ3) is 5.41. The fourth-order valence-electron chi connectivity index (χ4n) is 1.13. The molecule has 1 heterocycles. The molecule has 1 aromatic rings. The van der Waals surface area contributed by atoms with Crippen molar-refractivity contribution in [1.29, 1.82) is 0 Å². The van der Waals surface area contributed by atoms with Crippen LogP contribution in [0.4, 0.5) is 0 Å². The van der Waals surface area contributed by atoms with Crippen molar-refractivity contribution >= 4 is 29.5 Å². The van der Waals surface area contributed by atoms with Crippen LogP contribution in [0.3, 0.4) is 0 Å². The summed E-state index contributed by atoms with van der Waals surface area (Å²) in [6.45, 7) is 6.20. The molecule has 0 aliphatic heterocycles. The highest BCUT2D eigenvalue weighted by molar-refractivity contribution is 8.00. The normalized spacial score (nSPS) is 10.3. The van der Waals surface area contributed by atoms with Crippen LogP contribution >= 0.6 is 23.5 Å². The third-order valence-corrected chi connectivity index (χ3v) is 3.34. The molecule has 0 atom stereocenters. The number of carbonyl (C=O) groups is 1. The van der Waals surface area contributed by atoms with Crippen LogP contribution in [0.15, 0.2) is 16.2 Å². The Morgan fingerprint density at radius 2 is 2.12 bits per heavy atom. The molecule has 0 spiro atoms. The summed E-state index contributed by atoms with van der Waals surface area (Å²) >= 11 is 2.98. The molecule has 0 N–H and O–H groups in total. The summed E-state index contributed by atoms with van der Waals surface area (Å²) in [6, 6.07) is 1.95. The largest absolute Gasteiger partial charge is 0.465 e. The van der Waals surface area contributed by atoms with Crippen molar-refractivity contribution in [2.24, 2.45) is 0 Å². The van der Waals surface area contributed by atoms with Crippen LogP contribution < -0.4 is 0 Å². The lowest BCUT2D eigenvalue weighted by molar-refractivity contribution is -0.139. The van der Waals surface area contributed by atoms with Gasteiger partial charge in [-0.05, 0) is 25.7 Å². The quantitative estimate of drug-likeness (QED) is 0.343. The van der Waals surface area contributed by atoms with E-state index in [9.17, 15) is 4.79 Å². The molecule has 0 saturated carbocycles. The number of ether oxygens (including phenoxy) is 1. The predicted octanol–water partition coefficient (Wildman–Crippen LogP) is 2.55. The second kappa shape index (κ2) is 7.55. The molecule has 0 bridgehead atoms. The summed E-state index contributed by atoms with van der Waals surface area (Å²) in [5.74, 6) is 0.999. The molecule has 4 nitrogen and oxygen atoms in total. The third-order valence-electron chi connectivity index (χ3n) is 1.73. The smallest absolute Gasteiger partial charge is 0.316 e. The first kappa shape index (κ1) is 14.3. The van der Waals surface area contributed by atoms with Crippen LogP contribution in [0.25, 0.3) is 0 Å². The molecular weight excluding hydrogens is 256 g/mol. The van der Waals surface area contributed by atoms with Gasteiger partial charge in [-0.1, -0.05) is 18.7 Å². The predicted molar refractivity (Wildman–Crippen MR) is 70.5 cm³/mol. The Hall–Kier alpha value is -0.750. The van der Waals surface area contributed by atoms with Crippen molar-refractivity contribution in [1.82, 2.24) is 9.97 Å². The first-order chi connectivity index (χ1) is 8.15. The lowest BCUT2D eigenvalue weighted by Gasteiger charge is -2.04. The van der Waals surface area contributed by atoms with E-state index in [-0.39, 0.29) is 11.7 Å². The summed E-state index contributed by atoms with van der Waals surface area (Å²) < 4.78 is 4.85. The van der Waals surface area contributed by atoms with E-state index < -0.39 is 0 Å². The number of hydrogen-bond donors (Lipinski definition) is 0. The molecule has 0 saturated heterocycles. The van der Waals surface area contributed by atoms with Gasteiger partial charge in [-0.25, -0.2) is 9.97 Å². The second-order valence-corrected chi connectivity index (χ2v) is 5.38. The molecule has 0 amide bonds. The van der Waals surface area contributed by atoms with Crippen molar-refractivity contribution < 1.29 is 9.53 Å². The first-order valence-electron chi connectivity index (χ1n) is 5.42. The maximum Gasteiger partial charge on any atom is 0.316 e. The van der Waals surface area contributed by atoms with Crippen LogP contribution in [0.2, 0.25) is 0 Å². The van der Waals surface area contributed by atoms with Crippen molar-refractivity contribution in [3.8, 4) is 0 Å².